The maximum absolute atomic E-state index is 13.9. The summed E-state index contributed by atoms with van der Waals surface area (Å²) in [4.78, 5) is 0. The van der Waals surface area contributed by atoms with Crippen LogP contribution in [0.1, 0.15) is 11.1 Å². The molecule has 108 valence electrons. The van der Waals surface area contributed by atoms with E-state index < -0.39 is 0 Å². The van der Waals surface area contributed by atoms with Crippen LogP contribution in [0.4, 0.5) is 4.39 Å². The van der Waals surface area contributed by atoms with Crippen LogP contribution in [-0.2, 0) is 6.61 Å². The van der Waals surface area contributed by atoms with Gasteiger partial charge in [-0.15, -0.1) is 0 Å². The van der Waals surface area contributed by atoms with Crippen LogP contribution in [0.15, 0.2) is 36.4 Å². The lowest BCUT2D eigenvalue weighted by Gasteiger charge is -2.08. The zero-order valence-electron chi connectivity index (χ0n) is 11.0. The van der Waals surface area contributed by atoms with Crippen molar-refractivity contribution in [2.75, 3.05) is 6.54 Å². The van der Waals surface area contributed by atoms with Crippen molar-refractivity contribution in [3.8, 4) is 17.6 Å². The lowest BCUT2D eigenvalue weighted by Crippen LogP contribution is -1.99. The average Bonchev–Trinajstić information content (AvgIpc) is 2.47. The molecule has 0 radical (unpaired) electrons. The standard InChI is InChI=1S/C16H12Cl2FNO/c17-14-6-5-13(9-15(14)18)21-10-12-4-3-11(2-1-7-20)8-16(12)19/h3-6,8-9H,7,10,20H2. The summed E-state index contributed by atoms with van der Waals surface area (Å²) in [6.07, 6.45) is 0. The maximum Gasteiger partial charge on any atom is 0.131 e. The summed E-state index contributed by atoms with van der Waals surface area (Å²) in [6.45, 7) is 0.332. The predicted molar refractivity (Wildman–Crippen MR) is 83.1 cm³/mol. The highest BCUT2D eigenvalue weighted by Crippen LogP contribution is 2.27. The first-order chi connectivity index (χ1) is 10.1. The smallest absolute Gasteiger partial charge is 0.131 e. The van der Waals surface area contributed by atoms with Gasteiger partial charge >= 0.3 is 0 Å². The van der Waals surface area contributed by atoms with Gasteiger partial charge in [-0.25, -0.2) is 4.39 Å². The molecule has 0 saturated heterocycles. The molecule has 0 amide bonds. The number of halogens is 3. The summed E-state index contributed by atoms with van der Waals surface area (Å²) in [5, 5.41) is 0.833. The predicted octanol–water partition coefficient (Wildman–Crippen LogP) is 4.02. The molecular formula is C16H12Cl2FNO. The number of benzene rings is 2. The Bertz CT molecular complexity index is 707. The van der Waals surface area contributed by atoms with Crippen LogP contribution in [0.25, 0.3) is 0 Å². The fourth-order valence-electron chi connectivity index (χ4n) is 1.62. The monoisotopic (exact) mass is 323 g/mol. The summed E-state index contributed by atoms with van der Waals surface area (Å²) in [5.41, 5.74) is 6.28. The molecule has 0 saturated carbocycles. The topological polar surface area (TPSA) is 35.2 Å². The van der Waals surface area contributed by atoms with Gasteiger partial charge in [0.05, 0.1) is 16.6 Å². The first-order valence-corrected chi connectivity index (χ1v) is 6.91. The zero-order chi connectivity index (χ0) is 15.2. The molecule has 21 heavy (non-hydrogen) atoms. The minimum absolute atomic E-state index is 0.0917. The van der Waals surface area contributed by atoms with Crippen molar-refractivity contribution >= 4 is 23.2 Å². The van der Waals surface area contributed by atoms with E-state index in [1.807, 2.05) is 0 Å². The highest BCUT2D eigenvalue weighted by Gasteiger charge is 2.05. The molecule has 0 aliphatic carbocycles. The van der Waals surface area contributed by atoms with E-state index in [4.69, 9.17) is 33.7 Å². The molecule has 0 spiro atoms. The van der Waals surface area contributed by atoms with Gasteiger partial charge in [0.15, 0.2) is 0 Å². The van der Waals surface area contributed by atoms with E-state index in [-0.39, 0.29) is 19.0 Å². The second-order valence-electron chi connectivity index (χ2n) is 4.18. The van der Waals surface area contributed by atoms with Gasteiger partial charge in [-0.2, -0.15) is 0 Å². The molecule has 0 heterocycles. The summed E-state index contributed by atoms with van der Waals surface area (Å²) < 4.78 is 19.4. The van der Waals surface area contributed by atoms with Crippen LogP contribution in [0.5, 0.6) is 5.75 Å². The summed E-state index contributed by atoms with van der Waals surface area (Å²) in [5.74, 6) is 5.59. The fourth-order valence-corrected chi connectivity index (χ4v) is 1.91. The van der Waals surface area contributed by atoms with E-state index in [1.54, 1.807) is 30.3 Å². The van der Waals surface area contributed by atoms with E-state index in [2.05, 4.69) is 11.8 Å². The Labute approximate surface area is 132 Å². The molecule has 0 bridgehead atoms. The van der Waals surface area contributed by atoms with Crippen molar-refractivity contribution < 1.29 is 9.13 Å². The summed E-state index contributed by atoms with van der Waals surface area (Å²) in [7, 11) is 0. The van der Waals surface area contributed by atoms with E-state index in [0.717, 1.165) is 0 Å². The second-order valence-corrected chi connectivity index (χ2v) is 4.99. The molecule has 2 rings (SSSR count). The van der Waals surface area contributed by atoms with Crippen molar-refractivity contribution in [1.29, 1.82) is 0 Å². The molecule has 2 aromatic rings. The third-order valence-corrected chi connectivity index (χ3v) is 3.41. The normalized spacial score (nSPS) is 9.90. The molecule has 0 aliphatic heterocycles. The molecule has 0 atom stereocenters. The minimum atomic E-state index is -0.376. The third-order valence-electron chi connectivity index (χ3n) is 2.67. The van der Waals surface area contributed by atoms with Crippen molar-refractivity contribution in [2.45, 2.75) is 6.61 Å². The Kier molecular flexibility index (Phi) is 5.46. The molecule has 0 fully saturated rings. The highest BCUT2D eigenvalue weighted by molar-refractivity contribution is 6.42. The summed E-state index contributed by atoms with van der Waals surface area (Å²) in [6, 6.07) is 9.60. The Balaban J connectivity index is 2.07. The fraction of sp³-hybridized carbons (Fsp3) is 0.125. The number of ether oxygens (including phenoxy) is 1. The van der Waals surface area contributed by atoms with Gasteiger partial charge in [-0.05, 0) is 24.3 Å². The Morgan fingerprint density at radius 1 is 1.10 bits per heavy atom. The number of nitrogens with two attached hydrogens (primary N) is 1. The Morgan fingerprint density at radius 2 is 1.90 bits per heavy atom. The largest absolute Gasteiger partial charge is 0.489 e. The molecule has 5 heteroatoms. The lowest BCUT2D eigenvalue weighted by atomic mass is 10.1. The first kappa shape index (κ1) is 15.7. The molecule has 0 aromatic heterocycles. The minimum Gasteiger partial charge on any atom is -0.489 e. The van der Waals surface area contributed by atoms with Crippen molar-refractivity contribution in [1.82, 2.24) is 0 Å². The van der Waals surface area contributed by atoms with Crippen LogP contribution in [0.2, 0.25) is 10.0 Å². The van der Waals surface area contributed by atoms with Gasteiger partial charge in [0.1, 0.15) is 18.2 Å². The number of hydrogen-bond donors (Lipinski definition) is 1. The molecule has 0 aliphatic rings. The van der Waals surface area contributed by atoms with E-state index in [0.29, 0.717) is 26.9 Å². The van der Waals surface area contributed by atoms with E-state index >= 15 is 0 Å². The first-order valence-electron chi connectivity index (χ1n) is 6.15. The SMILES string of the molecule is NCC#Cc1ccc(COc2ccc(Cl)c(Cl)c2)c(F)c1. The van der Waals surface area contributed by atoms with Crippen LogP contribution in [0, 0.1) is 17.7 Å². The Hall–Kier alpha value is -1.73. The van der Waals surface area contributed by atoms with Gasteiger partial charge in [0.25, 0.3) is 0 Å². The molecule has 2 aromatic carbocycles. The summed E-state index contributed by atoms with van der Waals surface area (Å²) >= 11 is 11.7. The van der Waals surface area contributed by atoms with Gasteiger partial charge in [0.2, 0.25) is 0 Å². The van der Waals surface area contributed by atoms with Crippen LogP contribution < -0.4 is 10.5 Å². The van der Waals surface area contributed by atoms with Crippen molar-refractivity contribution in [3.05, 3.63) is 63.4 Å². The number of hydrogen-bond acceptors (Lipinski definition) is 2. The molecular weight excluding hydrogens is 312 g/mol. The van der Waals surface area contributed by atoms with E-state index in [9.17, 15) is 4.39 Å². The lowest BCUT2D eigenvalue weighted by molar-refractivity contribution is 0.300. The zero-order valence-corrected chi connectivity index (χ0v) is 12.5. The molecule has 0 unspecified atom stereocenters. The molecule has 2 nitrogen and oxygen atoms in total. The van der Waals surface area contributed by atoms with Crippen LogP contribution >= 0.6 is 23.2 Å². The third kappa shape index (κ3) is 4.37. The average molecular weight is 324 g/mol. The molecule has 2 N–H and O–H groups in total. The second kappa shape index (κ2) is 7.33. The Morgan fingerprint density at radius 3 is 2.57 bits per heavy atom. The van der Waals surface area contributed by atoms with Crippen LogP contribution in [0.3, 0.4) is 0 Å². The quantitative estimate of drug-likeness (QED) is 0.866. The van der Waals surface area contributed by atoms with Gasteiger partial charge in [-0.1, -0.05) is 41.1 Å². The van der Waals surface area contributed by atoms with Crippen LogP contribution in [-0.4, -0.2) is 6.54 Å². The van der Waals surface area contributed by atoms with Crippen molar-refractivity contribution in [2.24, 2.45) is 5.73 Å². The van der Waals surface area contributed by atoms with Crippen molar-refractivity contribution in [3.63, 3.8) is 0 Å². The van der Waals surface area contributed by atoms with E-state index in [1.165, 1.54) is 6.07 Å². The maximum atomic E-state index is 13.9. The van der Waals surface area contributed by atoms with Gasteiger partial charge in [0, 0.05) is 17.2 Å². The number of rotatable bonds is 3. The highest BCUT2D eigenvalue weighted by atomic mass is 35.5. The van der Waals surface area contributed by atoms with Gasteiger partial charge < -0.3 is 10.5 Å². The van der Waals surface area contributed by atoms with Gasteiger partial charge in [-0.3, -0.25) is 0 Å².